The molecule has 0 unspecified atom stereocenters. The van der Waals surface area contributed by atoms with E-state index in [2.05, 4.69) is 10.2 Å². The molecule has 2 aromatic carbocycles. The van der Waals surface area contributed by atoms with Crippen LogP contribution in [-0.2, 0) is 14.8 Å². The van der Waals surface area contributed by atoms with E-state index >= 15 is 0 Å². The van der Waals surface area contributed by atoms with Gasteiger partial charge in [-0.25, -0.2) is 12.7 Å². The molecule has 0 saturated heterocycles. The van der Waals surface area contributed by atoms with Gasteiger partial charge in [-0.3, -0.25) is 9.36 Å². The molecule has 2 N–H and O–H groups in total. The number of sulfonamides is 1. The number of carbonyl (C=O) groups excluding carboxylic acids is 1. The average molecular weight is 460 g/mol. The fourth-order valence-corrected chi connectivity index (χ4v) is 4.87. The smallest absolute Gasteiger partial charge is 0.242 e. The third kappa shape index (κ3) is 4.51. The van der Waals surface area contributed by atoms with Crippen LogP contribution in [0.4, 0.5) is 0 Å². The quantitative estimate of drug-likeness (QED) is 0.544. The maximum Gasteiger partial charge on any atom is 0.242 e. The fourth-order valence-electron chi connectivity index (χ4n) is 3.12. The molecule has 0 aliphatic heterocycles. The zero-order valence-corrected chi connectivity index (χ0v) is 19.7. The summed E-state index contributed by atoms with van der Waals surface area (Å²) in [7, 11) is -0.641. The summed E-state index contributed by atoms with van der Waals surface area (Å²) in [6, 6.07) is 12.5. The molecule has 1 heterocycles. The van der Waals surface area contributed by atoms with E-state index < -0.39 is 21.2 Å². The number of hydrogen-bond acceptors (Lipinski definition) is 6. The molecule has 3 aromatic rings. The van der Waals surface area contributed by atoms with E-state index in [1.165, 1.54) is 25.9 Å². The highest BCUT2D eigenvalue weighted by Crippen LogP contribution is 2.33. The summed E-state index contributed by atoms with van der Waals surface area (Å²) in [6.45, 7) is 5.66. The molecule has 1 aromatic heterocycles. The number of thioether (sulfide) groups is 1. The van der Waals surface area contributed by atoms with Gasteiger partial charge >= 0.3 is 0 Å². The molecule has 0 aliphatic carbocycles. The molecule has 1 atom stereocenters. The first-order valence-electron chi connectivity index (χ1n) is 9.55. The molecule has 0 bridgehead atoms. The third-order valence-electron chi connectivity index (χ3n) is 4.85. The minimum atomic E-state index is -3.62. The van der Waals surface area contributed by atoms with Crippen LogP contribution in [0.15, 0.2) is 52.5 Å². The molecule has 0 aliphatic rings. The number of nitrogens with zero attached hydrogens (tertiary/aromatic N) is 4. The number of aromatic nitrogens is 3. The summed E-state index contributed by atoms with van der Waals surface area (Å²) in [4.78, 5) is 11.8. The minimum absolute atomic E-state index is 0.158. The van der Waals surface area contributed by atoms with E-state index in [9.17, 15) is 13.2 Å². The molecular weight excluding hydrogens is 434 g/mol. The van der Waals surface area contributed by atoms with Gasteiger partial charge in [-0.2, -0.15) is 0 Å². The molecule has 1 amide bonds. The van der Waals surface area contributed by atoms with E-state index in [1.807, 2.05) is 36.6 Å². The number of carbonyl (C=O) groups is 1. The zero-order chi connectivity index (χ0) is 22.9. The highest BCUT2D eigenvalue weighted by molar-refractivity contribution is 8.00. The van der Waals surface area contributed by atoms with Crippen molar-refractivity contribution in [3.8, 4) is 17.1 Å². The van der Waals surface area contributed by atoms with Crippen LogP contribution in [0.25, 0.3) is 17.1 Å². The number of amides is 1. The Morgan fingerprint density at radius 1 is 1.10 bits per heavy atom. The predicted molar refractivity (Wildman–Crippen MR) is 122 cm³/mol. The Kier molecular flexibility index (Phi) is 6.54. The Bertz CT molecular complexity index is 1220. The van der Waals surface area contributed by atoms with Crippen molar-refractivity contribution < 1.29 is 13.2 Å². The van der Waals surface area contributed by atoms with Gasteiger partial charge < -0.3 is 5.73 Å². The van der Waals surface area contributed by atoms with Crippen LogP contribution >= 0.6 is 11.8 Å². The van der Waals surface area contributed by atoms with Crippen LogP contribution in [-0.4, -0.2) is 52.7 Å². The highest BCUT2D eigenvalue weighted by atomic mass is 32.2. The first kappa shape index (κ1) is 23.0. The van der Waals surface area contributed by atoms with Gasteiger partial charge in [0.2, 0.25) is 15.9 Å². The van der Waals surface area contributed by atoms with E-state index in [1.54, 1.807) is 31.2 Å². The number of nitrogens with two attached hydrogens (primary N) is 1. The van der Waals surface area contributed by atoms with Crippen LogP contribution in [0.2, 0.25) is 0 Å². The van der Waals surface area contributed by atoms with Crippen LogP contribution < -0.4 is 5.73 Å². The van der Waals surface area contributed by atoms with E-state index in [-0.39, 0.29) is 4.90 Å². The molecule has 0 radical (unpaired) electrons. The summed E-state index contributed by atoms with van der Waals surface area (Å²) in [5.74, 6) is 0.0223. The lowest BCUT2D eigenvalue weighted by atomic mass is 10.1. The van der Waals surface area contributed by atoms with Crippen molar-refractivity contribution in [2.24, 2.45) is 5.73 Å². The van der Waals surface area contributed by atoms with Crippen molar-refractivity contribution in [2.45, 2.75) is 36.1 Å². The molecular formula is C21H25N5O3S2. The number of rotatable bonds is 7. The second kappa shape index (κ2) is 8.81. The lowest BCUT2D eigenvalue weighted by Crippen LogP contribution is -2.23. The maximum atomic E-state index is 12.6. The van der Waals surface area contributed by atoms with Crippen LogP contribution in [0.1, 0.15) is 18.1 Å². The third-order valence-corrected chi connectivity index (χ3v) is 7.72. The van der Waals surface area contributed by atoms with Crippen LogP contribution in [0.5, 0.6) is 0 Å². The Morgan fingerprint density at radius 3 is 2.29 bits per heavy atom. The predicted octanol–water partition coefficient (Wildman–Crippen LogP) is 2.77. The normalized spacial score (nSPS) is 12.8. The molecule has 0 saturated carbocycles. The van der Waals surface area contributed by atoms with Gasteiger partial charge in [-0.1, -0.05) is 42.1 Å². The second-order valence-electron chi connectivity index (χ2n) is 7.36. The van der Waals surface area contributed by atoms with Crippen molar-refractivity contribution in [3.63, 3.8) is 0 Å². The van der Waals surface area contributed by atoms with Crippen molar-refractivity contribution in [2.75, 3.05) is 14.1 Å². The number of benzene rings is 2. The van der Waals surface area contributed by atoms with Gasteiger partial charge in [0.15, 0.2) is 11.0 Å². The fraction of sp³-hybridized carbons (Fsp3) is 0.286. The van der Waals surface area contributed by atoms with Gasteiger partial charge in [0, 0.05) is 19.7 Å². The summed E-state index contributed by atoms with van der Waals surface area (Å²) in [5, 5.41) is 8.65. The molecule has 8 nitrogen and oxygen atoms in total. The van der Waals surface area contributed by atoms with Gasteiger partial charge in [0.05, 0.1) is 15.8 Å². The molecule has 0 spiro atoms. The average Bonchev–Trinajstić information content (AvgIpc) is 3.11. The number of aryl methyl sites for hydroxylation is 2. The molecule has 0 fully saturated rings. The standard InChI is InChI=1S/C21H25N5O3S2/c1-13-8-6-9-14(2)18(13)26-20(23-24-21(26)30-15(3)19(22)27)16-10-7-11-17(12-16)31(28,29)25(4)5/h6-12,15H,1-5H3,(H2,22,27)/t15-/m0/s1. The summed E-state index contributed by atoms with van der Waals surface area (Å²) in [6.07, 6.45) is 0. The van der Waals surface area contributed by atoms with Crippen molar-refractivity contribution >= 4 is 27.7 Å². The zero-order valence-electron chi connectivity index (χ0n) is 18.0. The highest BCUT2D eigenvalue weighted by Gasteiger charge is 2.24. The van der Waals surface area contributed by atoms with Crippen LogP contribution in [0, 0.1) is 13.8 Å². The lowest BCUT2D eigenvalue weighted by Gasteiger charge is -2.17. The Hall–Kier alpha value is -2.69. The SMILES string of the molecule is Cc1cccc(C)c1-n1c(S[C@@H](C)C(N)=O)nnc1-c1cccc(S(=O)(=O)N(C)C)c1. The molecule has 164 valence electrons. The Morgan fingerprint density at radius 2 is 1.71 bits per heavy atom. The van der Waals surface area contributed by atoms with Gasteiger partial charge in [0.25, 0.3) is 0 Å². The number of para-hydroxylation sites is 1. The first-order chi connectivity index (χ1) is 14.5. The van der Waals surface area contributed by atoms with Gasteiger partial charge in [-0.05, 0) is 44.0 Å². The molecule has 10 heteroatoms. The lowest BCUT2D eigenvalue weighted by molar-refractivity contribution is -0.117. The van der Waals surface area contributed by atoms with Crippen molar-refractivity contribution in [1.29, 1.82) is 0 Å². The van der Waals surface area contributed by atoms with Crippen molar-refractivity contribution in [3.05, 3.63) is 53.6 Å². The maximum absolute atomic E-state index is 12.6. The minimum Gasteiger partial charge on any atom is -0.369 e. The van der Waals surface area contributed by atoms with E-state index in [0.29, 0.717) is 16.5 Å². The largest absolute Gasteiger partial charge is 0.369 e. The monoisotopic (exact) mass is 459 g/mol. The summed E-state index contributed by atoms with van der Waals surface area (Å²) >= 11 is 1.21. The van der Waals surface area contributed by atoms with Crippen molar-refractivity contribution in [1.82, 2.24) is 19.1 Å². The van der Waals surface area contributed by atoms with E-state index in [0.717, 1.165) is 21.1 Å². The topological polar surface area (TPSA) is 111 Å². The number of primary amides is 1. The summed E-state index contributed by atoms with van der Waals surface area (Å²) in [5.41, 5.74) is 8.91. The Labute approximate surface area is 186 Å². The van der Waals surface area contributed by atoms with Gasteiger partial charge in [0.1, 0.15) is 0 Å². The molecule has 3 rings (SSSR count). The molecule has 31 heavy (non-hydrogen) atoms. The van der Waals surface area contributed by atoms with Crippen LogP contribution in [0.3, 0.4) is 0 Å². The summed E-state index contributed by atoms with van der Waals surface area (Å²) < 4.78 is 28.3. The van der Waals surface area contributed by atoms with Gasteiger partial charge in [-0.15, -0.1) is 10.2 Å². The Balaban J connectivity index is 2.25. The second-order valence-corrected chi connectivity index (χ2v) is 10.8. The first-order valence-corrected chi connectivity index (χ1v) is 11.9. The number of hydrogen-bond donors (Lipinski definition) is 1. The van der Waals surface area contributed by atoms with E-state index in [4.69, 9.17) is 5.73 Å².